The molecule has 0 unspecified atom stereocenters. The van der Waals surface area contributed by atoms with E-state index in [1.165, 1.54) is 0 Å². The maximum Gasteiger partial charge on any atom is 0.227 e. The van der Waals surface area contributed by atoms with Crippen molar-refractivity contribution in [2.24, 2.45) is 11.1 Å². The van der Waals surface area contributed by atoms with E-state index < -0.39 is 0 Å². The summed E-state index contributed by atoms with van der Waals surface area (Å²) in [5, 5.41) is 3.00. The Kier molecular flexibility index (Phi) is 5.07. The Morgan fingerprint density at radius 1 is 1.29 bits per heavy atom. The first kappa shape index (κ1) is 15.6. The Balaban J connectivity index is 2.06. The second-order valence-electron chi connectivity index (χ2n) is 5.55. The third-order valence-electron chi connectivity index (χ3n) is 4.36. The summed E-state index contributed by atoms with van der Waals surface area (Å²) in [7, 11) is 3.23. The Morgan fingerprint density at radius 3 is 2.57 bits per heavy atom. The van der Waals surface area contributed by atoms with Gasteiger partial charge in [0.2, 0.25) is 5.91 Å². The summed E-state index contributed by atoms with van der Waals surface area (Å²) in [5.74, 6) is 1.53. The molecule has 1 fully saturated rings. The zero-order chi connectivity index (χ0) is 15.3. The van der Waals surface area contributed by atoms with Crippen LogP contribution in [-0.2, 0) is 11.3 Å². The average Bonchev–Trinajstić information content (AvgIpc) is 3.02. The van der Waals surface area contributed by atoms with Gasteiger partial charge in [0.25, 0.3) is 0 Å². The predicted octanol–water partition coefficient (Wildman–Crippen LogP) is 1.84. The lowest BCUT2D eigenvalue weighted by atomic mass is 9.85. The molecule has 5 heteroatoms. The number of rotatable bonds is 6. The predicted molar refractivity (Wildman–Crippen MR) is 81.3 cm³/mol. The van der Waals surface area contributed by atoms with Crippen molar-refractivity contribution in [3.8, 4) is 11.5 Å². The average molecular weight is 292 g/mol. The molecule has 1 saturated carbocycles. The first-order valence-corrected chi connectivity index (χ1v) is 7.34. The fourth-order valence-corrected chi connectivity index (χ4v) is 2.96. The van der Waals surface area contributed by atoms with Crippen LogP contribution in [0.25, 0.3) is 0 Å². The van der Waals surface area contributed by atoms with Crippen LogP contribution in [0.1, 0.15) is 31.2 Å². The van der Waals surface area contributed by atoms with Gasteiger partial charge in [-0.25, -0.2) is 0 Å². The van der Waals surface area contributed by atoms with Gasteiger partial charge in [-0.3, -0.25) is 4.79 Å². The molecule has 21 heavy (non-hydrogen) atoms. The van der Waals surface area contributed by atoms with Crippen molar-refractivity contribution in [2.45, 2.75) is 32.2 Å². The third-order valence-corrected chi connectivity index (χ3v) is 4.36. The van der Waals surface area contributed by atoms with Crippen LogP contribution in [0.5, 0.6) is 11.5 Å². The quantitative estimate of drug-likeness (QED) is 0.839. The van der Waals surface area contributed by atoms with Crippen molar-refractivity contribution in [1.82, 2.24) is 5.32 Å². The molecule has 0 radical (unpaired) electrons. The van der Waals surface area contributed by atoms with Crippen molar-refractivity contribution < 1.29 is 14.3 Å². The van der Waals surface area contributed by atoms with E-state index in [2.05, 4.69) is 5.32 Å². The molecule has 5 nitrogen and oxygen atoms in total. The zero-order valence-corrected chi connectivity index (χ0v) is 12.8. The lowest BCUT2D eigenvalue weighted by molar-refractivity contribution is -0.130. The van der Waals surface area contributed by atoms with Gasteiger partial charge >= 0.3 is 0 Å². The Hall–Kier alpha value is -1.75. The number of carbonyl (C=O) groups is 1. The number of benzene rings is 1. The molecule has 0 heterocycles. The van der Waals surface area contributed by atoms with Crippen molar-refractivity contribution in [3.63, 3.8) is 0 Å². The minimum absolute atomic E-state index is 0.0485. The lowest BCUT2D eigenvalue weighted by Crippen LogP contribution is -2.43. The van der Waals surface area contributed by atoms with E-state index in [1.807, 2.05) is 18.2 Å². The van der Waals surface area contributed by atoms with Gasteiger partial charge in [0.1, 0.15) is 11.5 Å². The minimum Gasteiger partial charge on any atom is -0.497 e. The first-order chi connectivity index (χ1) is 10.1. The van der Waals surface area contributed by atoms with Gasteiger partial charge in [-0.15, -0.1) is 0 Å². The normalized spacial score (nSPS) is 16.5. The van der Waals surface area contributed by atoms with E-state index in [1.54, 1.807) is 14.2 Å². The van der Waals surface area contributed by atoms with Gasteiger partial charge in [0.05, 0.1) is 19.6 Å². The van der Waals surface area contributed by atoms with Crippen LogP contribution in [0.4, 0.5) is 0 Å². The molecule has 0 atom stereocenters. The maximum atomic E-state index is 12.5. The van der Waals surface area contributed by atoms with Gasteiger partial charge in [-0.1, -0.05) is 12.8 Å². The van der Waals surface area contributed by atoms with Crippen LogP contribution in [0.3, 0.4) is 0 Å². The number of nitrogens with two attached hydrogens (primary N) is 1. The standard InChI is InChI=1S/C16H24N2O3/c1-20-13-5-6-14(21-2)12(9-13)10-18-15(19)16(11-17)7-3-4-8-16/h5-6,9H,3-4,7-8,10-11,17H2,1-2H3,(H,18,19). The molecule has 1 amide bonds. The molecule has 0 aliphatic heterocycles. The molecule has 3 N–H and O–H groups in total. The number of hydrogen-bond acceptors (Lipinski definition) is 4. The van der Waals surface area contributed by atoms with Crippen LogP contribution in [0.2, 0.25) is 0 Å². The summed E-state index contributed by atoms with van der Waals surface area (Å²) >= 11 is 0. The van der Waals surface area contributed by atoms with Crippen molar-refractivity contribution >= 4 is 5.91 Å². The monoisotopic (exact) mass is 292 g/mol. The topological polar surface area (TPSA) is 73.6 Å². The van der Waals surface area contributed by atoms with Gasteiger partial charge in [0, 0.05) is 18.7 Å². The van der Waals surface area contributed by atoms with Gasteiger partial charge in [-0.2, -0.15) is 0 Å². The molecule has 1 aliphatic carbocycles. The molecule has 116 valence electrons. The highest BCUT2D eigenvalue weighted by molar-refractivity contribution is 5.83. The molecule has 1 aromatic rings. The summed E-state index contributed by atoms with van der Waals surface area (Å²) in [6, 6.07) is 5.56. The van der Waals surface area contributed by atoms with Gasteiger partial charge in [0.15, 0.2) is 0 Å². The number of amides is 1. The molecule has 1 aromatic carbocycles. The summed E-state index contributed by atoms with van der Waals surface area (Å²) < 4.78 is 10.5. The molecule has 0 bridgehead atoms. The van der Waals surface area contributed by atoms with E-state index in [0.717, 1.165) is 42.7 Å². The number of hydrogen-bond donors (Lipinski definition) is 2. The van der Waals surface area contributed by atoms with E-state index in [4.69, 9.17) is 15.2 Å². The number of nitrogens with one attached hydrogen (secondary N) is 1. The van der Waals surface area contributed by atoms with Crippen LogP contribution in [0.15, 0.2) is 18.2 Å². The summed E-state index contributed by atoms with van der Waals surface area (Å²) in [6.45, 7) is 0.828. The molecular formula is C16H24N2O3. The van der Waals surface area contributed by atoms with Crippen molar-refractivity contribution in [2.75, 3.05) is 20.8 Å². The first-order valence-electron chi connectivity index (χ1n) is 7.34. The zero-order valence-electron chi connectivity index (χ0n) is 12.8. The smallest absolute Gasteiger partial charge is 0.227 e. The molecule has 0 saturated heterocycles. The maximum absolute atomic E-state index is 12.5. The number of carbonyl (C=O) groups excluding carboxylic acids is 1. The fraction of sp³-hybridized carbons (Fsp3) is 0.562. The molecular weight excluding hydrogens is 268 g/mol. The molecule has 0 aromatic heterocycles. The summed E-state index contributed by atoms with van der Waals surface area (Å²) in [6.07, 6.45) is 3.91. The van der Waals surface area contributed by atoms with Crippen LogP contribution in [0, 0.1) is 5.41 Å². The van der Waals surface area contributed by atoms with Crippen LogP contribution >= 0.6 is 0 Å². The van der Waals surface area contributed by atoms with E-state index in [9.17, 15) is 4.79 Å². The lowest BCUT2D eigenvalue weighted by Gasteiger charge is -2.26. The molecule has 2 rings (SSSR count). The second-order valence-corrected chi connectivity index (χ2v) is 5.55. The Labute approximate surface area is 125 Å². The van der Waals surface area contributed by atoms with Crippen LogP contribution < -0.4 is 20.5 Å². The highest BCUT2D eigenvalue weighted by atomic mass is 16.5. The largest absolute Gasteiger partial charge is 0.497 e. The minimum atomic E-state index is -0.383. The number of methoxy groups -OCH3 is 2. The summed E-state index contributed by atoms with van der Waals surface area (Å²) in [5.41, 5.74) is 6.35. The van der Waals surface area contributed by atoms with Gasteiger partial charge < -0.3 is 20.5 Å². The van der Waals surface area contributed by atoms with Crippen LogP contribution in [-0.4, -0.2) is 26.7 Å². The Morgan fingerprint density at radius 2 is 2.00 bits per heavy atom. The van der Waals surface area contributed by atoms with E-state index >= 15 is 0 Å². The van der Waals surface area contributed by atoms with Gasteiger partial charge in [-0.05, 0) is 31.0 Å². The molecule has 0 spiro atoms. The fourth-order valence-electron chi connectivity index (χ4n) is 2.96. The SMILES string of the molecule is COc1ccc(OC)c(CNC(=O)C2(CN)CCCC2)c1. The highest BCUT2D eigenvalue weighted by Gasteiger charge is 2.39. The molecule has 1 aliphatic rings. The second kappa shape index (κ2) is 6.80. The number of ether oxygens (including phenoxy) is 2. The van der Waals surface area contributed by atoms with E-state index in [0.29, 0.717) is 13.1 Å². The Bertz CT molecular complexity index is 496. The third kappa shape index (κ3) is 3.29. The van der Waals surface area contributed by atoms with Crippen molar-refractivity contribution in [3.05, 3.63) is 23.8 Å². The van der Waals surface area contributed by atoms with E-state index in [-0.39, 0.29) is 11.3 Å². The summed E-state index contributed by atoms with van der Waals surface area (Å²) in [4.78, 5) is 12.5. The van der Waals surface area contributed by atoms with Crippen molar-refractivity contribution in [1.29, 1.82) is 0 Å². The highest BCUT2D eigenvalue weighted by Crippen LogP contribution is 2.37.